The van der Waals surface area contributed by atoms with Crippen molar-refractivity contribution in [2.75, 3.05) is 9.80 Å². The molecule has 0 aliphatic rings. The third-order valence-corrected chi connectivity index (χ3v) is 12.6. The number of hydrogen-bond donors (Lipinski definition) is 0. The second-order valence-corrected chi connectivity index (χ2v) is 17.8. The van der Waals surface area contributed by atoms with Crippen LogP contribution in [0.3, 0.4) is 0 Å². The van der Waals surface area contributed by atoms with Crippen molar-refractivity contribution >= 4 is 34.4 Å². The van der Waals surface area contributed by atoms with Gasteiger partial charge in [-0.15, -0.1) is 0 Å². The van der Waals surface area contributed by atoms with E-state index in [0.29, 0.717) is 17.6 Å². The van der Waals surface area contributed by atoms with Crippen LogP contribution >= 0.6 is 0 Å². The molecule has 5 nitrogen and oxygen atoms in total. The summed E-state index contributed by atoms with van der Waals surface area (Å²) in [6, 6.07) is 75.0. The monoisotopic (exact) mass is 879 g/mol. The minimum atomic E-state index is 0.505. The maximum Gasteiger partial charge on any atom is 0.238 e. The van der Waals surface area contributed by atoms with E-state index in [1.807, 2.05) is 18.2 Å². The van der Waals surface area contributed by atoms with Crippen LogP contribution < -0.4 is 9.80 Å². The predicted molar refractivity (Wildman–Crippen MR) is 285 cm³/mol. The summed E-state index contributed by atoms with van der Waals surface area (Å²) in [4.78, 5) is 20.7. The van der Waals surface area contributed by atoms with Crippen molar-refractivity contribution in [3.05, 3.63) is 246 Å². The molecule has 1 heterocycles. The molecule has 68 heavy (non-hydrogen) atoms. The Bertz CT molecular complexity index is 3220. The molecule has 0 fully saturated rings. The van der Waals surface area contributed by atoms with E-state index < -0.39 is 0 Å². The Kier molecular flexibility index (Phi) is 12.0. The highest BCUT2D eigenvalue weighted by atomic mass is 15.3. The Morgan fingerprint density at radius 3 is 1.09 bits per heavy atom. The summed E-state index contributed by atoms with van der Waals surface area (Å²) in [5, 5.41) is 0. The van der Waals surface area contributed by atoms with Gasteiger partial charge in [-0.1, -0.05) is 169 Å². The summed E-state index contributed by atoms with van der Waals surface area (Å²) in [5.41, 5.74) is 21.1. The average molecular weight is 880 g/mol. The molecule has 0 N–H and O–H groups in total. The van der Waals surface area contributed by atoms with Gasteiger partial charge in [0.25, 0.3) is 0 Å². The smallest absolute Gasteiger partial charge is 0.238 e. The van der Waals surface area contributed by atoms with E-state index in [2.05, 4.69) is 245 Å². The first-order chi connectivity index (χ1) is 33.2. The predicted octanol–water partition coefficient (Wildman–Crippen LogP) is 17.0. The van der Waals surface area contributed by atoms with Crippen LogP contribution in [-0.4, -0.2) is 15.0 Å². The molecule has 0 aliphatic heterocycles. The van der Waals surface area contributed by atoms with Crippen molar-refractivity contribution in [2.24, 2.45) is 0 Å². The van der Waals surface area contributed by atoms with E-state index in [-0.39, 0.29) is 0 Å². The topological polar surface area (TPSA) is 45.2 Å². The van der Waals surface area contributed by atoms with Crippen LogP contribution in [-0.2, 0) is 0 Å². The summed E-state index contributed by atoms with van der Waals surface area (Å²) >= 11 is 0. The Balaban J connectivity index is 1.20. The van der Waals surface area contributed by atoms with Gasteiger partial charge in [0.2, 0.25) is 5.95 Å². The van der Waals surface area contributed by atoms with Crippen molar-refractivity contribution < 1.29 is 0 Å². The number of anilines is 6. The van der Waals surface area contributed by atoms with Crippen LogP contribution in [0, 0.1) is 41.5 Å². The molecule has 10 aromatic rings. The van der Waals surface area contributed by atoms with Crippen LogP contribution in [0.15, 0.2) is 212 Å². The van der Waals surface area contributed by atoms with E-state index in [1.54, 1.807) is 0 Å². The number of hydrogen-bond acceptors (Lipinski definition) is 5. The van der Waals surface area contributed by atoms with Gasteiger partial charge in [-0.2, -0.15) is 9.97 Å². The molecule has 0 amide bonds. The largest absolute Gasteiger partial charge is 0.309 e. The molecule has 1 aromatic heterocycles. The minimum absolute atomic E-state index is 0.505. The van der Waals surface area contributed by atoms with Crippen molar-refractivity contribution in [1.82, 2.24) is 15.0 Å². The van der Waals surface area contributed by atoms with E-state index in [0.717, 1.165) is 61.6 Å². The van der Waals surface area contributed by atoms with Crippen molar-refractivity contribution in [3.8, 4) is 56.2 Å². The first kappa shape index (κ1) is 43.5. The van der Waals surface area contributed by atoms with E-state index in [1.165, 1.54) is 44.8 Å². The van der Waals surface area contributed by atoms with Gasteiger partial charge in [-0.25, -0.2) is 4.98 Å². The second kappa shape index (κ2) is 18.8. The molecule has 0 radical (unpaired) electrons. The van der Waals surface area contributed by atoms with Crippen molar-refractivity contribution in [2.45, 2.75) is 41.5 Å². The molecule has 0 unspecified atom stereocenters. The summed E-state index contributed by atoms with van der Waals surface area (Å²) in [6.45, 7) is 13.2. The number of benzene rings is 9. The first-order valence-electron chi connectivity index (χ1n) is 23.3. The van der Waals surface area contributed by atoms with Crippen LogP contribution in [0.2, 0.25) is 0 Å². The zero-order valence-corrected chi connectivity index (χ0v) is 39.4. The number of aromatic nitrogens is 3. The van der Waals surface area contributed by atoms with Gasteiger partial charge in [-0.05, 0) is 152 Å². The molecule has 0 saturated carbocycles. The summed E-state index contributed by atoms with van der Waals surface area (Å²) in [7, 11) is 0. The van der Waals surface area contributed by atoms with Crippen molar-refractivity contribution in [3.63, 3.8) is 0 Å². The number of aryl methyl sites for hydroxylation is 6. The van der Waals surface area contributed by atoms with Crippen molar-refractivity contribution in [1.29, 1.82) is 0 Å². The third kappa shape index (κ3) is 8.94. The Morgan fingerprint density at radius 1 is 0.265 bits per heavy atom. The molecule has 9 aromatic carbocycles. The SMILES string of the molecule is Cc1cc(C)c(N(c2ccc(N(c3cccc(-c4ccccc4)c3)c3nc(-c4ccccc4)nc(-c4cc(-c5ccccc5)cc(-c5ccccc5)c4)n3)cc2)c2c(C)cc(C)cc2C)c(C)c1. The lowest BCUT2D eigenvalue weighted by atomic mass is 9.96. The highest BCUT2D eigenvalue weighted by Gasteiger charge is 2.24. The lowest BCUT2D eigenvalue weighted by Gasteiger charge is -2.32. The molecular formula is C63H53N5. The lowest BCUT2D eigenvalue weighted by molar-refractivity contribution is 1.02. The summed E-state index contributed by atoms with van der Waals surface area (Å²) in [6.07, 6.45) is 0. The van der Waals surface area contributed by atoms with E-state index in [4.69, 9.17) is 15.0 Å². The quantitative estimate of drug-likeness (QED) is 0.130. The van der Waals surface area contributed by atoms with Crippen LogP contribution in [0.1, 0.15) is 33.4 Å². The minimum Gasteiger partial charge on any atom is -0.309 e. The fourth-order valence-corrected chi connectivity index (χ4v) is 9.67. The molecule has 330 valence electrons. The van der Waals surface area contributed by atoms with E-state index >= 15 is 0 Å². The first-order valence-corrected chi connectivity index (χ1v) is 23.3. The normalized spacial score (nSPS) is 11.1. The number of rotatable bonds is 11. The standard InChI is InChI=1S/C63H53N5/c1-42-34-44(3)59(45(4)35-42)68(60-46(5)36-43(2)37-47(60)6)57-32-30-56(31-33-57)67(58-29-19-28-52(41-58)48-20-11-7-12-21-48)63-65-61(51-26-17-10-18-27-51)64-62(66-63)55-39-53(49-22-13-8-14-23-49)38-54(40-55)50-24-15-9-16-25-50/h7-41H,1-6H3. The van der Waals surface area contributed by atoms with Crippen LogP contribution in [0.25, 0.3) is 56.2 Å². The fourth-order valence-electron chi connectivity index (χ4n) is 9.67. The fraction of sp³-hybridized carbons (Fsp3) is 0.0952. The highest BCUT2D eigenvalue weighted by Crippen LogP contribution is 2.45. The van der Waals surface area contributed by atoms with Gasteiger partial charge in [0.15, 0.2) is 11.6 Å². The van der Waals surface area contributed by atoms with Gasteiger partial charge in [0.05, 0.1) is 11.4 Å². The molecule has 10 rings (SSSR count). The Hall–Kier alpha value is -8.41. The van der Waals surface area contributed by atoms with Gasteiger partial charge < -0.3 is 4.90 Å². The molecule has 0 atom stereocenters. The summed E-state index contributed by atoms with van der Waals surface area (Å²) < 4.78 is 0. The zero-order chi connectivity index (χ0) is 46.7. The van der Waals surface area contributed by atoms with Gasteiger partial charge in [0.1, 0.15) is 0 Å². The molecular weight excluding hydrogens is 827 g/mol. The lowest BCUT2D eigenvalue weighted by Crippen LogP contribution is -2.17. The Morgan fingerprint density at radius 2 is 0.632 bits per heavy atom. The maximum absolute atomic E-state index is 5.46. The highest BCUT2D eigenvalue weighted by molar-refractivity contribution is 5.87. The van der Waals surface area contributed by atoms with Gasteiger partial charge in [-0.3, -0.25) is 4.90 Å². The molecule has 5 heteroatoms. The molecule has 0 spiro atoms. The van der Waals surface area contributed by atoms with Crippen LogP contribution in [0.5, 0.6) is 0 Å². The number of nitrogens with zero attached hydrogens (tertiary/aromatic N) is 5. The summed E-state index contributed by atoms with van der Waals surface area (Å²) in [5.74, 6) is 1.66. The van der Waals surface area contributed by atoms with Crippen LogP contribution in [0.4, 0.5) is 34.4 Å². The molecule has 0 saturated heterocycles. The Labute approximate surface area is 400 Å². The maximum atomic E-state index is 5.46. The molecule has 0 bridgehead atoms. The second-order valence-electron chi connectivity index (χ2n) is 17.8. The van der Waals surface area contributed by atoms with Gasteiger partial charge >= 0.3 is 0 Å². The van der Waals surface area contributed by atoms with Gasteiger partial charge in [0, 0.05) is 28.2 Å². The van der Waals surface area contributed by atoms with E-state index in [9.17, 15) is 0 Å². The zero-order valence-electron chi connectivity index (χ0n) is 39.4. The molecule has 0 aliphatic carbocycles. The average Bonchev–Trinajstić information content (AvgIpc) is 3.36. The third-order valence-electron chi connectivity index (χ3n) is 12.6.